The van der Waals surface area contributed by atoms with Crippen molar-refractivity contribution in [3.05, 3.63) is 41.5 Å². The zero-order chi connectivity index (χ0) is 16.2. The molecule has 0 aromatic heterocycles. The third kappa shape index (κ3) is 3.79. The Morgan fingerprint density at radius 1 is 1.35 bits per heavy atom. The van der Waals surface area contributed by atoms with Gasteiger partial charge in [-0.25, -0.2) is 0 Å². The lowest BCUT2D eigenvalue weighted by atomic mass is 9.92. The molecule has 2 aliphatic heterocycles. The van der Waals surface area contributed by atoms with Crippen molar-refractivity contribution in [2.45, 2.75) is 31.8 Å². The Labute approximate surface area is 136 Å². The minimum atomic E-state index is -0.233. The maximum Gasteiger partial charge on any atom is 0.313 e. The fourth-order valence-corrected chi connectivity index (χ4v) is 3.12. The SMILES string of the molecule is CC(=O)NC[C@H]1CC(c2ccc(C3=CCNCC3)cc2)C(=O)O1. The first-order chi connectivity index (χ1) is 11.1. The van der Waals surface area contributed by atoms with E-state index in [-0.39, 0.29) is 23.9 Å². The summed E-state index contributed by atoms with van der Waals surface area (Å²) in [7, 11) is 0. The van der Waals surface area contributed by atoms with E-state index in [4.69, 9.17) is 4.74 Å². The van der Waals surface area contributed by atoms with Gasteiger partial charge in [0.15, 0.2) is 0 Å². The van der Waals surface area contributed by atoms with E-state index in [2.05, 4.69) is 28.8 Å². The number of cyclic esters (lactones) is 1. The Morgan fingerprint density at radius 2 is 2.13 bits per heavy atom. The molecule has 2 atom stereocenters. The minimum absolute atomic E-state index is 0.107. The van der Waals surface area contributed by atoms with E-state index in [1.807, 2.05) is 12.1 Å². The largest absolute Gasteiger partial charge is 0.460 e. The molecule has 2 aliphatic rings. The van der Waals surface area contributed by atoms with Gasteiger partial charge in [0.05, 0.1) is 12.5 Å². The summed E-state index contributed by atoms with van der Waals surface area (Å²) in [5.41, 5.74) is 3.56. The molecule has 122 valence electrons. The summed E-state index contributed by atoms with van der Waals surface area (Å²) in [5, 5.41) is 6.01. The topological polar surface area (TPSA) is 67.4 Å². The van der Waals surface area contributed by atoms with Crippen molar-refractivity contribution in [3.8, 4) is 0 Å². The number of esters is 1. The van der Waals surface area contributed by atoms with Crippen LogP contribution in [0.5, 0.6) is 0 Å². The van der Waals surface area contributed by atoms with Gasteiger partial charge in [-0.3, -0.25) is 9.59 Å². The molecule has 5 heteroatoms. The standard InChI is InChI=1S/C18H22N2O3/c1-12(21)20-11-16-10-17(18(22)23-16)15-4-2-13(3-5-15)14-6-8-19-9-7-14/h2-6,16-17,19H,7-11H2,1H3,(H,20,21)/t16-,17?/m1/s1. The van der Waals surface area contributed by atoms with Gasteiger partial charge in [0, 0.05) is 19.9 Å². The average Bonchev–Trinajstić information content (AvgIpc) is 2.95. The second kappa shape index (κ2) is 6.96. The normalized spacial score (nSPS) is 24.0. The molecule has 0 saturated carbocycles. The van der Waals surface area contributed by atoms with Gasteiger partial charge < -0.3 is 15.4 Å². The molecule has 3 rings (SSSR count). The zero-order valence-electron chi connectivity index (χ0n) is 13.3. The first-order valence-corrected chi connectivity index (χ1v) is 8.08. The number of benzene rings is 1. The average molecular weight is 314 g/mol. The highest BCUT2D eigenvalue weighted by Gasteiger charge is 2.35. The maximum absolute atomic E-state index is 12.1. The van der Waals surface area contributed by atoms with E-state index in [0.29, 0.717) is 13.0 Å². The lowest BCUT2D eigenvalue weighted by molar-refractivity contribution is -0.142. The molecule has 1 fully saturated rings. The van der Waals surface area contributed by atoms with Crippen molar-refractivity contribution < 1.29 is 14.3 Å². The fraction of sp³-hybridized carbons (Fsp3) is 0.444. The molecule has 1 aromatic carbocycles. The summed E-state index contributed by atoms with van der Waals surface area (Å²) < 4.78 is 5.35. The monoisotopic (exact) mass is 314 g/mol. The summed E-state index contributed by atoms with van der Waals surface area (Å²) in [5.74, 6) is -0.539. The van der Waals surface area contributed by atoms with E-state index in [0.717, 1.165) is 25.1 Å². The third-order valence-electron chi connectivity index (χ3n) is 4.39. The second-order valence-corrected chi connectivity index (χ2v) is 6.09. The Bertz CT molecular complexity index is 622. The number of ether oxygens (including phenoxy) is 1. The smallest absolute Gasteiger partial charge is 0.313 e. The van der Waals surface area contributed by atoms with Crippen molar-refractivity contribution in [1.82, 2.24) is 10.6 Å². The van der Waals surface area contributed by atoms with Gasteiger partial charge in [-0.2, -0.15) is 0 Å². The van der Waals surface area contributed by atoms with Crippen LogP contribution in [-0.4, -0.2) is 37.6 Å². The Balaban J connectivity index is 1.66. The molecule has 1 aromatic rings. The first-order valence-electron chi connectivity index (χ1n) is 8.08. The van der Waals surface area contributed by atoms with Gasteiger partial charge in [-0.1, -0.05) is 30.3 Å². The molecule has 1 amide bonds. The molecule has 23 heavy (non-hydrogen) atoms. The zero-order valence-corrected chi connectivity index (χ0v) is 13.3. The van der Waals surface area contributed by atoms with Crippen molar-refractivity contribution in [3.63, 3.8) is 0 Å². The predicted molar refractivity (Wildman–Crippen MR) is 87.8 cm³/mol. The second-order valence-electron chi connectivity index (χ2n) is 6.09. The van der Waals surface area contributed by atoms with E-state index < -0.39 is 0 Å². The third-order valence-corrected chi connectivity index (χ3v) is 4.39. The molecule has 2 N–H and O–H groups in total. The maximum atomic E-state index is 12.1. The fourth-order valence-electron chi connectivity index (χ4n) is 3.12. The Hall–Kier alpha value is -2.14. The van der Waals surface area contributed by atoms with E-state index in [1.54, 1.807) is 0 Å². The quantitative estimate of drug-likeness (QED) is 0.829. The highest BCUT2D eigenvalue weighted by atomic mass is 16.6. The molecule has 0 bridgehead atoms. The summed E-state index contributed by atoms with van der Waals surface area (Å²) in [6, 6.07) is 8.21. The molecular formula is C18H22N2O3. The van der Waals surface area contributed by atoms with Crippen molar-refractivity contribution in [1.29, 1.82) is 0 Å². The number of amides is 1. The molecule has 5 nitrogen and oxygen atoms in total. The number of nitrogens with one attached hydrogen (secondary N) is 2. The van der Waals surface area contributed by atoms with Crippen LogP contribution in [0.4, 0.5) is 0 Å². The van der Waals surface area contributed by atoms with Crippen LogP contribution in [0.15, 0.2) is 30.3 Å². The van der Waals surface area contributed by atoms with Gasteiger partial charge in [0.25, 0.3) is 0 Å². The van der Waals surface area contributed by atoms with E-state index in [1.165, 1.54) is 18.1 Å². The Kier molecular flexibility index (Phi) is 4.76. The van der Waals surface area contributed by atoms with Gasteiger partial charge >= 0.3 is 5.97 Å². The summed E-state index contributed by atoms with van der Waals surface area (Å²) in [4.78, 5) is 23.0. The molecule has 0 spiro atoms. The summed E-state index contributed by atoms with van der Waals surface area (Å²) in [6.07, 6.45) is 3.63. The van der Waals surface area contributed by atoms with Gasteiger partial charge in [-0.05, 0) is 29.7 Å². The number of rotatable bonds is 4. The van der Waals surface area contributed by atoms with Crippen LogP contribution >= 0.6 is 0 Å². The van der Waals surface area contributed by atoms with Crippen LogP contribution < -0.4 is 10.6 Å². The highest BCUT2D eigenvalue weighted by Crippen LogP contribution is 2.31. The van der Waals surface area contributed by atoms with Crippen LogP contribution in [0.1, 0.15) is 36.8 Å². The highest BCUT2D eigenvalue weighted by molar-refractivity contribution is 5.81. The molecule has 1 unspecified atom stereocenters. The molecule has 0 radical (unpaired) electrons. The van der Waals surface area contributed by atoms with Crippen molar-refractivity contribution in [2.75, 3.05) is 19.6 Å². The van der Waals surface area contributed by atoms with Crippen LogP contribution in [0, 0.1) is 0 Å². The predicted octanol–water partition coefficient (Wildman–Crippen LogP) is 1.60. The lowest BCUT2D eigenvalue weighted by Gasteiger charge is -2.15. The van der Waals surface area contributed by atoms with Crippen LogP contribution in [0.3, 0.4) is 0 Å². The van der Waals surface area contributed by atoms with E-state index in [9.17, 15) is 9.59 Å². The first kappa shape index (κ1) is 15.7. The van der Waals surface area contributed by atoms with Gasteiger partial charge in [0.1, 0.15) is 6.10 Å². The number of carbonyl (C=O) groups excluding carboxylic acids is 2. The van der Waals surface area contributed by atoms with Gasteiger partial charge in [-0.15, -0.1) is 0 Å². The van der Waals surface area contributed by atoms with Crippen LogP contribution in [0.25, 0.3) is 5.57 Å². The van der Waals surface area contributed by atoms with Crippen molar-refractivity contribution in [2.24, 2.45) is 0 Å². The van der Waals surface area contributed by atoms with Gasteiger partial charge in [0.2, 0.25) is 5.91 Å². The number of hydrogen-bond acceptors (Lipinski definition) is 4. The molecular weight excluding hydrogens is 292 g/mol. The lowest BCUT2D eigenvalue weighted by Crippen LogP contribution is -2.30. The summed E-state index contributed by atoms with van der Waals surface area (Å²) >= 11 is 0. The van der Waals surface area contributed by atoms with Crippen LogP contribution in [0.2, 0.25) is 0 Å². The number of hydrogen-bond donors (Lipinski definition) is 2. The van der Waals surface area contributed by atoms with E-state index >= 15 is 0 Å². The molecule has 2 heterocycles. The van der Waals surface area contributed by atoms with Crippen molar-refractivity contribution >= 4 is 17.4 Å². The Morgan fingerprint density at radius 3 is 2.78 bits per heavy atom. The number of carbonyl (C=O) groups is 2. The molecule has 0 aliphatic carbocycles. The molecule has 1 saturated heterocycles. The summed E-state index contributed by atoms with van der Waals surface area (Å²) in [6.45, 7) is 3.77. The minimum Gasteiger partial charge on any atom is -0.460 e. The van der Waals surface area contributed by atoms with Crippen LogP contribution in [-0.2, 0) is 14.3 Å².